The molecular weight excluding hydrogens is 448 g/mol. The van der Waals surface area contributed by atoms with Gasteiger partial charge in [0.15, 0.2) is 10.4 Å². The smallest absolute Gasteiger partial charge is 0.344 e. The number of halogens is 1. The van der Waals surface area contributed by atoms with Crippen molar-refractivity contribution in [2.45, 2.75) is 13.0 Å². The highest BCUT2D eigenvalue weighted by Crippen LogP contribution is 2.31. The Bertz CT molecular complexity index is 1060. The largest absolute Gasteiger partial charge is 0.479 e. The van der Waals surface area contributed by atoms with Crippen molar-refractivity contribution in [1.29, 1.82) is 0 Å². The van der Waals surface area contributed by atoms with Gasteiger partial charge >= 0.3 is 5.97 Å². The molecular formula is C20H15ClN2O5S2. The first-order valence-electron chi connectivity index (χ1n) is 8.58. The highest BCUT2D eigenvalue weighted by atomic mass is 35.5. The van der Waals surface area contributed by atoms with Gasteiger partial charge in [0.1, 0.15) is 5.75 Å². The number of thiocarbonyl (C=S) groups is 1. The van der Waals surface area contributed by atoms with Crippen LogP contribution in [0.5, 0.6) is 5.75 Å². The summed E-state index contributed by atoms with van der Waals surface area (Å²) >= 11 is 12.2. The molecule has 0 spiro atoms. The molecule has 154 valence electrons. The van der Waals surface area contributed by atoms with Crippen LogP contribution in [0.25, 0.3) is 6.08 Å². The fraction of sp³-hybridized carbons (Fsp3) is 0.100. The second-order valence-electron chi connectivity index (χ2n) is 6.14. The van der Waals surface area contributed by atoms with Gasteiger partial charge in [-0.3, -0.25) is 15.0 Å². The van der Waals surface area contributed by atoms with Crippen molar-refractivity contribution in [2.75, 3.05) is 0 Å². The Morgan fingerprint density at radius 2 is 1.97 bits per heavy atom. The zero-order valence-electron chi connectivity index (χ0n) is 15.5. The summed E-state index contributed by atoms with van der Waals surface area (Å²) in [4.78, 5) is 36.2. The monoisotopic (exact) mass is 462 g/mol. The average molecular weight is 463 g/mol. The lowest BCUT2D eigenvalue weighted by molar-refractivity contribution is -0.144. The summed E-state index contributed by atoms with van der Waals surface area (Å²) in [5, 5.41) is 10.3. The lowest BCUT2D eigenvalue weighted by Gasteiger charge is -2.15. The number of nitrogens with one attached hydrogen (secondary N) is 1. The van der Waals surface area contributed by atoms with Crippen molar-refractivity contribution >= 4 is 63.8 Å². The van der Waals surface area contributed by atoms with Crippen molar-refractivity contribution in [3.8, 4) is 5.75 Å². The summed E-state index contributed by atoms with van der Waals surface area (Å²) in [6, 6.07) is 12.9. The molecule has 0 aromatic heterocycles. The minimum absolute atomic E-state index is 0.192. The van der Waals surface area contributed by atoms with E-state index >= 15 is 0 Å². The highest BCUT2D eigenvalue weighted by molar-refractivity contribution is 8.26. The second kappa shape index (κ2) is 9.29. The van der Waals surface area contributed by atoms with Gasteiger partial charge in [0, 0.05) is 10.6 Å². The number of nitrogens with zero attached hydrogens (tertiary/aromatic N) is 1. The number of hydrogen-bond acceptors (Lipinski definition) is 6. The molecule has 30 heavy (non-hydrogen) atoms. The third-order valence-corrected chi connectivity index (χ3v) is 5.47. The van der Waals surface area contributed by atoms with Gasteiger partial charge in [-0.05, 0) is 61.1 Å². The summed E-state index contributed by atoms with van der Waals surface area (Å²) < 4.78 is 5.46. The van der Waals surface area contributed by atoms with E-state index in [2.05, 4.69) is 5.43 Å². The molecule has 1 heterocycles. The van der Waals surface area contributed by atoms with E-state index in [0.717, 1.165) is 16.8 Å². The summed E-state index contributed by atoms with van der Waals surface area (Å²) in [6.07, 6.45) is 0.644. The van der Waals surface area contributed by atoms with Gasteiger partial charge < -0.3 is 9.84 Å². The number of carboxylic acids is 1. The minimum Gasteiger partial charge on any atom is -0.479 e. The first kappa shape index (κ1) is 21.8. The molecule has 1 saturated heterocycles. The lowest BCUT2D eigenvalue weighted by atomic mass is 10.2. The van der Waals surface area contributed by atoms with E-state index in [0.29, 0.717) is 26.8 Å². The molecule has 1 atom stereocenters. The first-order valence-corrected chi connectivity index (χ1v) is 10.2. The van der Waals surface area contributed by atoms with Crippen LogP contribution in [0.15, 0.2) is 53.4 Å². The van der Waals surface area contributed by atoms with E-state index in [4.69, 9.17) is 33.7 Å². The number of carbonyl (C=O) groups is 3. The van der Waals surface area contributed by atoms with E-state index in [1.807, 2.05) is 0 Å². The van der Waals surface area contributed by atoms with E-state index in [1.165, 1.54) is 13.0 Å². The molecule has 2 N–H and O–H groups in total. The number of amides is 2. The highest BCUT2D eigenvalue weighted by Gasteiger charge is 2.33. The normalized spacial score (nSPS) is 15.9. The quantitative estimate of drug-likeness (QED) is 0.498. The molecule has 1 fully saturated rings. The number of carbonyl (C=O) groups excluding carboxylic acids is 2. The van der Waals surface area contributed by atoms with Gasteiger partial charge in [0.25, 0.3) is 11.8 Å². The first-order chi connectivity index (χ1) is 14.2. The molecule has 1 aliphatic heterocycles. The zero-order valence-corrected chi connectivity index (χ0v) is 17.9. The Balaban J connectivity index is 1.70. The molecule has 0 aliphatic carbocycles. The van der Waals surface area contributed by atoms with Crippen molar-refractivity contribution in [1.82, 2.24) is 10.4 Å². The van der Waals surface area contributed by atoms with Crippen LogP contribution in [-0.2, 0) is 9.59 Å². The third-order valence-electron chi connectivity index (χ3n) is 3.93. The molecule has 1 aliphatic rings. The molecule has 7 nitrogen and oxygen atoms in total. The van der Waals surface area contributed by atoms with Crippen molar-refractivity contribution in [3.63, 3.8) is 0 Å². The maximum atomic E-state index is 12.7. The Kier molecular flexibility index (Phi) is 6.76. The van der Waals surface area contributed by atoms with Crippen LogP contribution >= 0.6 is 35.6 Å². The van der Waals surface area contributed by atoms with Crippen LogP contribution < -0.4 is 10.2 Å². The van der Waals surface area contributed by atoms with E-state index in [1.54, 1.807) is 48.5 Å². The van der Waals surface area contributed by atoms with Gasteiger partial charge in [-0.15, -0.1) is 0 Å². The van der Waals surface area contributed by atoms with Crippen LogP contribution in [0.4, 0.5) is 0 Å². The summed E-state index contributed by atoms with van der Waals surface area (Å²) in [7, 11) is 0. The van der Waals surface area contributed by atoms with Crippen molar-refractivity contribution in [2.24, 2.45) is 0 Å². The number of aliphatic carboxylic acids is 1. The summed E-state index contributed by atoms with van der Waals surface area (Å²) in [5.41, 5.74) is 3.47. The van der Waals surface area contributed by atoms with Crippen molar-refractivity contribution in [3.05, 3.63) is 69.6 Å². The fourth-order valence-corrected chi connectivity index (χ4v) is 3.78. The topological polar surface area (TPSA) is 95.9 Å². The Morgan fingerprint density at radius 3 is 2.60 bits per heavy atom. The van der Waals surface area contributed by atoms with Gasteiger partial charge in [0.2, 0.25) is 0 Å². The molecule has 0 bridgehead atoms. The van der Waals surface area contributed by atoms with Gasteiger partial charge in [-0.1, -0.05) is 41.6 Å². The molecule has 2 aromatic rings. The molecule has 0 saturated carbocycles. The maximum Gasteiger partial charge on any atom is 0.344 e. The average Bonchev–Trinajstić information content (AvgIpc) is 2.96. The molecule has 2 amide bonds. The SMILES string of the molecule is CC(Oc1ccc(/C=C2/SC(=S)N(NC(=O)c3cccc(Cl)c3)C2=O)cc1)C(=O)O. The Morgan fingerprint density at radius 1 is 1.27 bits per heavy atom. The second-order valence-corrected chi connectivity index (χ2v) is 8.25. The number of hydrazine groups is 1. The van der Waals surface area contributed by atoms with E-state index < -0.39 is 23.9 Å². The van der Waals surface area contributed by atoms with E-state index in [-0.39, 0.29) is 4.32 Å². The standard InChI is InChI=1S/C20H15ClN2O5S2/c1-11(19(26)27)28-15-7-5-12(6-8-15)9-16-18(25)23(20(29)30-16)22-17(24)13-3-2-4-14(21)10-13/h2-11H,1H3,(H,22,24)(H,26,27)/b16-9+. The number of benzene rings is 2. The van der Waals surface area contributed by atoms with Gasteiger partial charge in [-0.2, -0.15) is 5.01 Å². The maximum absolute atomic E-state index is 12.7. The molecule has 10 heteroatoms. The molecule has 2 aromatic carbocycles. The van der Waals surface area contributed by atoms with Gasteiger partial charge in [0.05, 0.1) is 4.91 Å². The van der Waals surface area contributed by atoms with Crippen LogP contribution in [0.1, 0.15) is 22.8 Å². The lowest BCUT2D eigenvalue weighted by Crippen LogP contribution is -2.44. The van der Waals surface area contributed by atoms with Gasteiger partial charge in [-0.25, -0.2) is 4.79 Å². The molecule has 3 rings (SSSR count). The van der Waals surface area contributed by atoms with Crippen LogP contribution in [0, 0.1) is 0 Å². The van der Waals surface area contributed by atoms with Crippen LogP contribution in [-0.4, -0.2) is 38.3 Å². The molecule has 1 unspecified atom stereocenters. The van der Waals surface area contributed by atoms with E-state index in [9.17, 15) is 14.4 Å². The zero-order chi connectivity index (χ0) is 21.8. The third kappa shape index (κ3) is 5.18. The fourth-order valence-electron chi connectivity index (χ4n) is 2.41. The summed E-state index contributed by atoms with van der Waals surface area (Å²) in [6.45, 7) is 1.43. The number of hydrogen-bond donors (Lipinski definition) is 2. The number of thioether (sulfide) groups is 1. The minimum atomic E-state index is -1.07. The van der Waals surface area contributed by atoms with Crippen LogP contribution in [0.3, 0.4) is 0 Å². The Labute approximate surface area is 186 Å². The Hall–Kier alpha value is -2.88. The number of ether oxygens (including phenoxy) is 1. The number of carboxylic acid groups (broad SMARTS) is 1. The predicted octanol–water partition coefficient (Wildman–Crippen LogP) is 3.74. The molecule has 0 radical (unpaired) electrons. The number of rotatable bonds is 6. The summed E-state index contributed by atoms with van der Waals surface area (Å²) in [5.74, 6) is -1.64. The van der Waals surface area contributed by atoms with Crippen LogP contribution in [0.2, 0.25) is 5.02 Å². The van der Waals surface area contributed by atoms with Crippen molar-refractivity contribution < 1.29 is 24.2 Å². The predicted molar refractivity (Wildman–Crippen MR) is 118 cm³/mol.